The number of ether oxygens (including phenoxy) is 1. The summed E-state index contributed by atoms with van der Waals surface area (Å²) in [5.74, 6) is 0.858. The van der Waals surface area contributed by atoms with Crippen molar-refractivity contribution in [2.45, 2.75) is 19.9 Å². The van der Waals surface area contributed by atoms with Gasteiger partial charge < -0.3 is 9.64 Å². The maximum atomic E-state index is 6.48. The quantitative estimate of drug-likeness (QED) is 0.613. The Morgan fingerprint density at radius 3 is 2.80 bits per heavy atom. The van der Waals surface area contributed by atoms with Crippen molar-refractivity contribution < 1.29 is 4.74 Å². The predicted molar refractivity (Wildman–Crippen MR) is 102 cm³/mol. The van der Waals surface area contributed by atoms with E-state index in [0.29, 0.717) is 18.2 Å². The van der Waals surface area contributed by atoms with Crippen molar-refractivity contribution in [2.24, 2.45) is 7.05 Å². The van der Waals surface area contributed by atoms with Crippen LogP contribution in [0.15, 0.2) is 5.38 Å². The number of rotatable bonds is 2. The summed E-state index contributed by atoms with van der Waals surface area (Å²) in [6.45, 7) is 6.15. The Balaban J connectivity index is 1.93. The lowest BCUT2D eigenvalue weighted by atomic mass is 10.2. The van der Waals surface area contributed by atoms with Crippen LogP contribution < -0.4 is 4.90 Å². The average Bonchev–Trinajstić information content (AvgIpc) is 3.08. The maximum Gasteiger partial charge on any atom is 0.224 e. The van der Waals surface area contributed by atoms with Crippen LogP contribution in [0.3, 0.4) is 0 Å². The van der Waals surface area contributed by atoms with Gasteiger partial charge in [-0.05, 0) is 25.4 Å². The van der Waals surface area contributed by atoms with Gasteiger partial charge in [0.1, 0.15) is 0 Å². The van der Waals surface area contributed by atoms with Crippen molar-refractivity contribution >= 4 is 50.6 Å². The van der Waals surface area contributed by atoms with Crippen molar-refractivity contribution in [2.75, 3.05) is 24.7 Å². The summed E-state index contributed by atoms with van der Waals surface area (Å²) in [6, 6.07) is 0.232. The number of thiophene rings is 1. The summed E-state index contributed by atoms with van der Waals surface area (Å²) in [5, 5.41) is 7.32. The van der Waals surface area contributed by atoms with Crippen LogP contribution in [0.4, 0.5) is 5.82 Å². The van der Waals surface area contributed by atoms with E-state index in [1.165, 1.54) is 0 Å². The summed E-state index contributed by atoms with van der Waals surface area (Å²) >= 11 is 14.3. The van der Waals surface area contributed by atoms with E-state index >= 15 is 0 Å². The van der Waals surface area contributed by atoms with Gasteiger partial charge in [-0.2, -0.15) is 10.1 Å². The fourth-order valence-corrected chi connectivity index (χ4v) is 4.63. The lowest BCUT2D eigenvalue weighted by Gasteiger charge is -2.34. The van der Waals surface area contributed by atoms with E-state index in [2.05, 4.69) is 26.9 Å². The summed E-state index contributed by atoms with van der Waals surface area (Å²) < 4.78 is 8.33. The monoisotopic (exact) mass is 397 g/mol. The van der Waals surface area contributed by atoms with Gasteiger partial charge in [-0.15, -0.1) is 11.3 Å². The van der Waals surface area contributed by atoms with Gasteiger partial charge in [-0.3, -0.25) is 4.68 Å². The first-order valence-corrected chi connectivity index (χ1v) is 9.59. The molecule has 1 atom stereocenters. The second-order valence-corrected chi connectivity index (χ2v) is 7.73. The average molecular weight is 398 g/mol. The van der Waals surface area contributed by atoms with Crippen LogP contribution in [-0.2, 0) is 11.8 Å². The molecule has 3 aromatic heterocycles. The highest BCUT2D eigenvalue weighted by atomic mass is 35.5. The molecule has 0 bridgehead atoms. The number of morpholine rings is 1. The van der Waals surface area contributed by atoms with Crippen LogP contribution >= 0.6 is 34.5 Å². The molecule has 9 heteroatoms. The lowest BCUT2D eigenvalue weighted by Crippen LogP contribution is -2.44. The third kappa shape index (κ3) is 2.79. The van der Waals surface area contributed by atoms with E-state index in [-0.39, 0.29) is 11.3 Å². The molecule has 0 aromatic carbocycles. The van der Waals surface area contributed by atoms with Gasteiger partial charge in [0.05, 0.1) is 45.9 Å². The Labute approximate surface area is 159 Å². The molecule has 132 valence electrons. The van der Waals surface area contributed by atoms with E-state index in [1.54, 1.807) is 16.0 Å². The zero-order valence-corrected chi connectivity index (χ0v) is 16.4. The fraction of sp³-hybridized carbons (Fsp3) is 0.438. The number of fused-ring (bicyclic) bond motifs is 1. The van der Waals surface area contributed by atoms with Gasteiger partial charge >= 0.3 is 0 Å². The van der Waals surface area contributed by atoms with Crippen molar-refractivity contribution in [3.63, 3.8) is 0 Å². The third-order valence-electron chi connectivity index (χ3n) is 4.41. The van der Waals surface area contributed by atoms with Crippen LogP contribution in [-0.4, -0.2) is 45.5 Å². The Bertz CT molecular complexity index is 954. The Morgan fingerprint density at radius 2 is 2.12 bits per heavy atom. The molecule has 0 saturated carbocycles. The SMILES string of the molecule is Cc1nn(C)c(-c2csc3c(N4CCOC[C@H]4C)nc(Cl)nc23)c1Cl. The highest BCUT2D eigenvalue weighted by molar-refractivity contribution is 7.18. The van der Waals surface area contributed by atoms with Crippen molar-refractivity contribution in [1.29, 1.82) is 0 Å². The first kappa shape index (κ1) is 17.0. The predicted octanol–water partition coefficient (Wildman–Crippen LogP) is 3.93. The molecule has 6 nitrogen and oxygen atoms in total. The van der Waals surface area contributed by atoms with E-state index in [9.17, 15) is 0 Å². The van der Waals surface area contributed by atoms with Gasteiger partial charge in [0, 0.05) is 24.5 Å². The highest BCUT2D eigenvalue weighted by Gasteiger charge is 2.26. The molecule has 1 aliphatic heterocycles. The molecule has 25 heavy (non-hydrogen) atoms. The largest absolute Gasteiger partial charge is 0.377 e. The van der Waals surface area contributed by atoms with Crippen LogP contribution in [0.5, 0.6) is 0 Å². The number of anilines is 1. The molecule has 1 fully saturated rings. The molecule has 0 spiro atoms. The summed E-state index contributed by atoms with van der Waals surface area (Å²) in [5.41, 5.74) is 3.38. The van der Waals surface area contributed by atoms with E-state index in [0.717, 1.165) is 39.5 Å². The summed E-state index contributed by atoms with van der Waals surface area (Å²) in [7, 11) is 1.88. The van der Waals surface area contributed by atoms with E-state index < -0.39 is 0 Å². The van der Waals surface area contributed by atoms with Crippen LogP contribution in [0.1, 0.15) is 12.6 Å². The minimum atomic E-state index is 0.232. The molecule has 0 radical (unpaired) electrons. The standard InChI is InChI=1S/C16H17Cl2N5OS/c1-8-6-24-5-4-23(8)15-14-12(19-16(18)20-15)10(7-25-14)13-11(17)9(2)21-22(13)3/h7-8H,4-6H2,1-3H3/t8-/m1/s1. The number of halogens is 2. The third-order valence-corrected chi connectivity index (χ3v) is 6.00. The number of aromatic nitrogens is 4. The summed E-state index contributed by atoms with van der Waals surface area (Å²) in [6.07, 6.45) is 0. The molecule has 4 heterocycles. The normalized spacial score (nSPS) is 18.3. The van der Waals surface area contributed by atoms with Crippen LogP contribution in [0.25, 0.3) is 21.5 Å². The van der Waals surface area contributed by atoms with Gasteiger partial charge in [0.15, 0.2) is 5.82 Å². The molecule has 1 saturated heterocycles. The first-order valence-electron chi connectivity index (χ1n) is 7.96. The second kappa shape index (κ2) is 6.39. The number of nitrogens with zero attached hydrogens (tertiary/aromatic N) is 5. The number of aryl methyl sites for hydroxylation is 2. The molecule has 1 aliphatic rings. The minimum absolute atomic E-state index is 0.232. The van der Waals surface area contributed by atoms with Gasteiger partial charge in [0.25, 0.3) is 0 Å². The molecule has 0 unspecified atom stereocenters. The van der Waals surface area contributed by atoms with Gasteiger partial charge in [-0.25, -0.2) is 4.98 Å². The van der Waals surface area contributed by atoms with Gasteiger partial charge in [0.2, 0.25) is 5.28 Å². The molecular weight excluding hydrogens is 381 g/mol. The summed E-state index contributed by atoms with van der Waals surface area (Å²) in [4.78, 5) is 11.2. The topological polar surface area (TPSA) is 56.1 Å². The zero-order valence-electron chi connectivity index (χ0n) is 14.1. The Kier molecular flexibility index (Phi) is 4.35. The number of hydrogen-bond donors (Lipinski definition) is 0. The molecule has 0 N–H and O–H groups in total. The van der Waals surface area contributed by atoms with Gasteiger partial charge in [-0.1, -0.05) is 11.6 Å². The molecule has 3 aromatic rings. The van der Waals surface area contributed by atoms with Crippen molar-refractivity contribution in [3.05, 3.63) is 21.4 Å². The molecule has 0 amide bonds. The van der Waals surface area contributed by atoms with E-state index in [1.807, 2.05) is 19.4 Å². The zero-order chi connectivity index (χ0) is 17.7. The van der Waals surface area contributed by atoms with Crippen molar-refractivity contribution in [1.82, 2.24) is 19.7 Å². The Hall–Kier alpha value is -1.41. The lowest BCUT2D eigenvalue weighted by molar-refractivity contribution is 0.0987. The molecular formula is C16H17Cl2N5OS. The van der Waals surface area contributed by atoms with E-state index in [4.69, 9.17) is 27.9 Å². The fourth-order valence-electron chi connectivity index (χ4n) is 3.21. The smallest absolute Gasteiger partial charge is 0.224 e. The maximum absolute atomic E-state index is 6.48. The van der Waals surface area contributed by atoms with Crippen molar-refractivity contribution in [3.8, 4) is 11.3 Å². The molecule has 0 aliphatic carbocycles. The molecule has 4 rings (SSSR count). The number of hydrogen-bond acceptors (Lipinski definition) is 6. The Morgan fingerprint density at radius 1 is 1.32 bits per heavy atom. The van der Waals surface area contributed by atoms with Crippen LogP contribution in [0, 0.1) is 6.92 Å². The highest BCUT2D eigenvalue weighted by Crippen LogP contribution is 2.41. The second-order valence-electron chi connectivity index (χ2n) is 6.13. The first-order chi connectivity index (χ1) is 12.0. The van der Waals surface area contributed by atoms with Crippen LogP contribution in [0.2, 0.25) is 10.3 Å². The minimum Gasteiger partial charge on any atom is -0.377 e.